The number of benzene rings is 2. The fourth-order valence-corrected chi connectivity index (χ4v) is 4.30. The van der Waals surface area contributed by atoms with Crippen molar-refractivity contribution in [3.8, 4) is 0 Å². The molecule has 0 spiro atoms. The number of sulfonamides is 1. The maximum absolute atomic E-state index is 12.3. The minimum absolute atomic E-state index is 0.0382. The first-order valence-corrected chi connectivity index (χ1v) is 9.58. The summed E-state index contributed by atoms with van der Waals surface area (Å²) in [6, 6.07) is 16.4. The van der Waals surface area contributed by atoms with Gasteiger partial charge in [0, 0.05) is 11.0 Å². The molecule has 0 unspecified atom stereocenters. The van der Waals surface area contributed by atoms with Crippen molar-refractivity contribution in [3.63, 3.8) is 0 Å². The van der Waals surface area contributed by atoms with Crippen molar-refractivity contribution < 1.29 is 13.5 Å². The van der Waals surface area contributed by atoms with Crippen LogP contribution in [0.5, 0.6) is 0 Å². The molecule has 0 heterocycles. The van der Waals surface area contributed by atoms with E-state index in [1.807, 2.05) is 30.3 Å². The standard InChI is InChI=1S/C17H20BrNO3S/c1-17(20,12-11-14-7-3-2-4-8-14)13-19-23(21,22)16-10-6-5-9-15(16)18/h2-10,19-20H,11-13H2,1H3/t17-/m1/s1. The monoisotopic (exact) mass is 397 g/mol. The Bertz CT molecular complexity index is 745. The molecule has 0 aliphatic carbocycles. The van der Waals surface area contributed by atoms with Crippen molar-refractivity contribution in [3.05, 3.63) is 64.6 Å². The van der Waals surface area contributed by atoms with Gasteiger partial charge in [0.1, 0.15) is 0 Å². The molecule has 0 aliphatic rings. The second-order valence-corrected chi connectivity index (χ2v) is 8.33. The van der Waals surface area contributed by atoms with Crippen molar-refractivity contribution in [2.75, 3.05) is 6.54 Å². The van der Waals surface area contributed by atoms with Crippen LogP contribution < -0.4 is 4.72 Å². The maximum atomic E-state index is 12.3. The number of aliphatic hydroxyl groups is 1. The van der Waals surface area contributed by atoms with E-state index in [-0.39, 0.29) is 11.4 Å². The lowest BCUT2D eigenvalue weighted by atomic mass is 9.97. The van der Waals surface area contributed by atoms with Crippen LogP contribution in [-0.2, 0) is 16.4 Å². The molecule has 1 atom stereocenters. The minimum atomic E-state index is -3.66. The van der Waals surface area contributed by atoms with Crippen molar-refractivity contribution in [2.45, 2.75) is 30.3 Å². The van der Waals surface area contributed by atoms with Gasteiger partial charge in [-0.3, -0.25) is 0 Å². The molecule has 0 amide bonds. The number of aryl methyl sites for hydroxylation is 1. The molecule has 0 radical (unpaired) electrons. The van der Waals surface area contributed by atoms with Gasteiger partial charge in [0.25, 0.3) is 0 Å². The molecule has 2 aromatic carbocycles. The molecule has 23 heavy (non-hydrogen) atoms. The van der Waals surface area contributed by atoms with Crippen LogP contribution in [0.15, 0.2) is 64.0 Å². The average molecular weight is 398 g/mol. The fourth-order valence-electron chi connectivity index (χ4n) is 2.14. The highest BCUT2D eigenvalue weighted by atomic mass is 79.9. The normalized spacial score (nSPS) is 14.4. The van der Waals surface area contributed by atoms with Gasteiger partial charge in [-0.25, -0.2) is 13.1 Å². The second-order valence-electron chi connectivity index (χ2n) is 5.74. The molecule has 0 bridgehead atoms. The summed E-state index contributed by atoms with van der Waals surface area (Å²) in [5.74, 6) is 0. The smallest absolute Gasteiger partial charge is 0.241 e. The molecule has 0 aromatic heterocycles. The van der Waals surface area contributed by atoms with Crippen LogP contribution in [0.25, 0.3) is 0 Å². The predicted octanol–water partition coefficient (Wildman–Crippen LogP) is 3.11. The predicted molar refractivity (Wildman–Crippen MR) is 94.7 cm³/mol. The Labute approximate surface area is 145 Å². The highest BCUT2D eigenvalue weighted by Crippen LogP contribution is 2.21. The molecule has 2 N–H and O–H groups in total. The summed E-state index contributed by atoms with van der Waals surface area (Å²) in [6.45, 7) is 1.60. The SMILES string of the molecule is C[C@@](O)(CCc1ccccc1)CNS(=O)(=O)c1ccccc1Br. The molecule has 124 valence electrons. The van der Waals surface area contributed by atoms with Crippen molar-refractivity contribution in [1.82, 2.24) is 4.72 Å². The summed E-state index contributed by atoms with van der Waals surface area (Å²) in [4.78, 5) is 0.166. The lowest BCUT2D eigenvalue weighted by Gasteiger charge is -2.24. The highest BCUT2D eigenvalue weighted by Gasteiger charge is 2.25. The molecule has 0 saturated carbocycles. The zero-order valence-corrected chi connectivity index (χ0v) is 15.3. The van der Waals surface area contributed by atoms with Gasteiger partial charge in [0.05, 0.1) is 10.5 Å². The summed E-state index contributed by atoms with van der Waals surface area (Å²) in [6.07, 6.45) is 1.15. The van der Waals surface area contributed by atoms with Crippen molar-refractivity contribution >= 4 is 26.0 Å². The van der Waals surface area contributed by atoms with E-state index in [0.29, 0.717) is 17.3 Å². The van der Waals surface area contributed by atoms with E-state index in [2.05, 4.69) is 20.7 Å². The van der Waals surface area contributed by atoms with Crippen LogP contribution in [-0.4, -0.2) is 25.7 Å². The maximum Gasteiger partial charge on any atom is 0.241 e. The lowest BCUT2D eigenvalue weighted by molar-refractivity contribution is 0.0565. The van der Waals surface area contributed by atoms with Crippen LogP contribution >= 0.6 is 15.9 Å². The Morgan fingerprint density at radius 1 is 1.09 bits per heavy atom. The first kappa shape index (κ1) is 18.1. The quantitative estimate of drug-likeness (QED) is 0.753. The van der Waals surface area contributed by atoms with Gasteiger partial charge in [-0.1, -0.05) is 42.5 Å². The van der Waals surface area contributed by atoms with Crippen molar-refractivity contribution in [2.24, 2.45) is 0 Å². The van der Waals surface area contributed by atoms with E-state index in [4.69, 9.17) is 0 Å². The van der Waals surface area contributed by atoms with Gasteiger partial charge in [0.2, 0.25) is 10.0 Å². The zero-order valence-electron chi connectivity index (χ0n) is 12.9. The largest absolute Gasteiger partial charge is 0.389 e. The molecule has 0 fully saturated rings. The third kappa shape index (κ3) is 5.42. The van der Waals surface area contributed by atoms with Gasteiger partial charge < -0.3 is 5.11 Å². The molecule has 4 nitrogen and oxygen atoms in total. The topological polar surface area (TPSA) is 66.4 Å². The Morgan fingerprint density at radius 3 is 2.35 bits per heavy atom. The third-order valence-corrected chi connectivity index (χ3v) is 5.98. The van der Waals surface area contributed by atoms with E-state index in [1.165, 1.54) is 6.07 Å². The van der Waals surface area contributed by atoms with E-state index in [1.54, 1.807) is 25.1 Å². The van der Waals surface area contributed by atoms with Crippen LogP contribution in [0.2, 0.25) is 0 Å². The summed E-state index contributed by atoms with van der Waals surface area (Å²) in [5.41, 5.74) is -0.00842. The van der Waals surface area contributed by atoms with Gasteiger partial charge in [-0.2, -0.15) is 0 Å². The van der Waals surface area contributed by atoms with E-state index in [9.17, 15) is 13.5 Å². The first-order chi connectivity index (χ1) is 10.8. The van der Waals surface area contributed by atoms with Crippen LogP contribution in [0, 0.1) is 0 Å². The number of nitrogens with one attached hydrogen (secondary N) is 1. The van der Waals surface area contributed by atoms with Gasteiger partial charge in [-0.05, 0) is 53.4 Å². The third-order valence-electron chi connectivity index (χ3n) is 3.56. The van der Waals surface area contributed by atoms with Gasteiger partial charge in [-0.15, -0.1) is 0 Å². The molecule has 0 saturated heterocycles. The fraction of sp³-hybridized carbons (Fsp3) is 0.294. The summed E-state index contributed by atoms with van der Waals surface area (Å²) in [5, 5.41) is 10.4. The number of halogens is 1. The summed E-state index contributed by atoms with van der Waals surface area (Å²) < 4.78 is 27.6. The molecule has 2 rings (SSSR count). The molecular formula is C17H20BrNO3S. The zero-order chi connectivity index (χ0) is 16.9. The van der Waals surface area contributed by atoms with E-state index >= 15 is 0 Å². The van der Waals surface area contributed by atoms with Crippen LogP contribution in [0.4, 0.5) is 0 Å². The molecular weight excluding hydrogens is 378 g/mol. The van der Waals surface area contributed by atoms with E-state index < -0.39 is 15.6 Å². The minimum Gasteiger partial charge on any atom is -0.389 e. The highest BCUT2D eigenvalue weighted by molar-refractivity contribution is 9.10. The lowest BCUT2D eigenvalue weighted by Crippen LogP contribution is -2.41. The Balaban J connectivity index is 1.97. The van der Waals surface area contributed by atoms with Crippen LogP contribution in [0.3, 0.4) is 0 Å². The Kier molecular flexibility index (Phi) is 5.97. The van der Waals surface area contributed by atoms with Gasteiger partial charge in [0.15, 0.2) is 0 Å². The summed E-state index contributed by atoms with van der Waals surface area (Å²) in [7, 11) is -3.66. The van der Waals surface area contributed by atoms with Gasteiger partial charge >= 0.3 is 0 Å². The number of rotatable bonds is 7. The average Bonchev–Trinajstić information content (AvgIpc) is 2.53. The van der Waals surface area contributed by atoms with Crippen LogP contribution in [0.1, 0.15) is 18.9 Å². The number of hydrogen-bond acceptors (Lipinski definition) is 3. The number of hydrogen-bond donors (Lipinski definition) is 2. The van der Waals surface area contributed by atoms with Crippen molar-refractivity contribution in [1.29, 1.82) is 0 Å². The Hall–Kier alpha value is -1.21. The first-order valence-electron chi connectivity index (χ1n) is 7.31. The molecule has 6 heteroatoms. The summed E-state index contributed by atoms with van der Waals surface area (Å²) >= 11 is 3.23. The Morgan fingerprint density at radius 2 is 1.70 bits per heavy atom. The van der Waals surface area contributed by atoms with E-state index in [0.717, 1.165) is 5.56 Å². The molecule has 0 aliphatic heterocycles. The molecule has 2 aromatic rings. The second kappa shape index (κ2) is 7.57.